The van der Waals surface area contributed by atoms with Crippen LogP contribution in [0.15, 0.2) is 48.5 Å². The third-order valence-corrected chi connectivity index (χ3v) is 6.78. The highest BCUT2D eigenvalue weighted by Crippen LogP contribution is 2.23. The van der Waals surface area contributed by atoms with Crippen molar-refractivity contribution in [1.82, 2.24) is 0 Å². The summed E-state index contributed by atoms with van der Waals surface area (Å²) in [6, 6.07) is 21.4. The van der Waals surface area contributed by atoms with Crippen molar-refractivity contribution < 1.29 is 0 Å². The fraction of sp³-hybridized carbons (Fsp3) is 0.500. The lowest BCUT2D eigenvalue weighted by Crippen LogP contribution is -2.10. The molecular formula is C24H36Si. The number of benzene rings is 2. The zero-order valence-electron chi connectivity index (χ0n) is 17.2. The lowest BCUT2D eigenvalue weighted by molar-refractivity contribution is 0.589. The standard InChI is InChI=1S/C24H36Si/c1-23(2,3)21-11-7-19(8-12-21)15-17-25-18-16-20-9-13-22(14-10-20)24(4,5)6/h7-14H,15-18,25H2,1-6H3. The minimum atomic E-state index is 0.0495. The fourth-order valence-corrected chi connectivity index (χ4v) is 4.85. The summed E-state index contributed by atoms with van der Waals surface area (Å²) in [6.07, 6.45) is 2.53. The number of aryl methyl sites for hydroxylation is 2. The van der Waals surface area contributed by atoms with Crippen LogP contribution < -0.4 is 0 Å². The van der Waals surface area contributed by atoms with Gasteiger partial charge in [-0.25, -0.2) is 0 Å². The molecule has 0 atom stereocenters. The maximum atomic E-state index is 2.33. The largest absolute Gasteiger partial charge is 0.0588 e. The van der Waals surface area contributed by atoms with E-state index in [9.17, 15) is 0 Å². The average molecular weight is 353 g/mol. The van der Waals surface area contributed by atoms with Crippen LogP contribution in [-0.2, 0) is 23.7 Å². The highest BCUT2D eigenvalue weighted by atomic mass is 28.2. The van der Waals surface area contributed by atoms with Gasteiger partial charge in [-0.3, -0.25) is 0 Å². The van der Waals surface area contributed by atoms with Crippen LogP contribution in [0.25, 0.3) is 0 Å². The van der Waals surface area contributed by atoms with Crippen molar-refractivity contribution in [1.29, 1.82) is 0 Å². The Morgan fingerprint density at radius 3 is 1.16 bits per heavy atom. The van der Waals surface area contributed by atoms with Gasteiger partial charge >= 0.3 is 0 Å². The molecule has 0 aliphatic heterocycles. The molecule has 2 aromatic rings. The number of rotatable bonds is 6. The van der Waals surface area contributed by atoms with Crippen molar-refractivity contribution >= 4 is 9.52 Å². The normalized spacial score (nSPS) is 12.4. The first-order valence-electron chi connectivity index (χ1n) is 9.85. The maximum absolute atomic E-state index is 2.33. The van der Waals surface area contributed by atoms with Crippen LogP contribution in [-0.4, -0.2) is 9.52 Å². The van der Waals surface area contributed by atoms with Crippen LogP contribution in [0.2, 0.25) is 12.1 Å². The predicted molar refractivity (Wildman–Crippen MR) is 116 cm³/mol. The molecule has 0 aliphatic rings. The highest BCUT2D eigenvalue weighted by molar-refractivity contribution is 6.35. The Labute approximate surface area is 157 Å². The monoisotopic (exact) mass is 352 g/mol. The van der Waals surface area contributed by atoms with Crippen molar-refractivity contribution in [3.8, 4) is 0 Å². The Balaban J connectivity index is 1.71. The minimum Gasteiger partial charge on any atom is -0.0588 e. The second kappa shape index (κ2) is 8.36. The van der Waals surface area contributed by atoms with E-state index >= 15 is 0 Å². The van der Waals surface area contributed by atoms with Gasteiger partial charge < -0.3 is 0 Å². The first-order chi connectivity index (χ1) is 11.7. The molecule has 2 rings (SSSR count). The molecule has 0 spiro atoms. The van der Waals surface area contributed by atoms with Crippen molar-refractivity contribution in [2.45, 2.75) is 77.3 Å². The molecule has 0 bridgehead atoms. The maximum Gasteiger partial charge on any atom is 0.0204 e. The van der Waals surface area contributed by atoms with Crippen LogP contribution >= 0.6 is 0 Å². The van der Waals surface area contributed by atoms with E-state index in [1.807, 2.05) is 0 Å². The fourth-order valence-electron chi connectivity index (χ4n) is 3.18. The van der Waals surface area contributed by atoms with Crippen LogP contribution in [0.4, 0.5) is 0 Å². The Bertz CT molecular complexity index is 577. The zero-order chi connectivity index (χ0) is 18.5. The van der Waals surface area contributed by atoms with E-state index in [0.717, 1.165) is 0 Å². The molecule has 2 aromatic carbocycles. The molecule has 136 valence electrons. The molecule has 0 N–H and O–H groups in total. The topological polar surface area (TPSA) is 0 Å². The molecule has 1 heteroatoms. The van der Waals surface area contributed by atoms with Crippen LogP contribution in [0, 0.1) is 0 Å². The van der Waals surface area contributed by atoms with Crippen molar-refractivity contribution in [3.05, 3.63) is 70.8 Å². The van der Waals surface area contributed by atoms with Gasteiger partial charge in [-0.05, 0) is 45.9 Å². The molecule has 0 saturated heterocycles. The Hall–Kier alpha value is -1.34. The average Bonchev–Trinajstić information content (AvgIpc) is 2.54. The van der Waals surface area contributed by atoms with Gasteiger partial charge in [0.25, 0.3) is 0 Å². The molecule has 0 unspecified atom stereocenters. The molecule has 0 heterocycles. The molecule has 0 fully saturated rings. The second-order valence-electron chi connectivity index (χ2n) is 9.45. The van der Waals surface area contributed by atoms with Gasteiger partial charge in [0.1, 0.15) is 0 Å². The molecule has 0 saturated carbocycles. The molecule has 0 radical (unpaired) electrons. The zero-order valence-corrected chi connectivity index (χ0v) is 18.6. The van der Waals surface area contributed by atoms with Gasteiger partial charge in [-0.2, -0.15) is 0 Å². The molecule has 0 aromatic heterocycles. The van der Waals surface area contributed by atoms with E-state index < -0.39 is 0 Å². The van der Waals surface area contributed by atoms with Gasteiger partial charge in [0.05, 0.1) is 0 Å². The van der Waals surface area contributed by atoms with Gasteiger partial charge in [-0.15, -0.1) is 0 Å². The van der Waals surface area contributed by atoms with Crippen molar-refractivity contribution in [2.75, 3.05) is 0 Å². The van der Waals surface area contributed by atoms with Gasteiger partial charge in [-0.1, -0.05) is 102 Å². The quantitative estimate of drug-likeness (QED) is 0.437. The number of hydrogen-bond donors (Lipinski definition) is 0. The summed E-state index contributed by atoms with van der Waals surface area (Å²) in [6.45, 7) is 13.7. The van der Waals surface area contributed by atoms with Crippen LogP contribution in [0.1, 0.15) is 63.8 Å². The number of hydrogen-bond acceptors (Lipinski definition) is 0. The Morgan fingerprint density at radius 2 is 0.880 bits per heavy atom. The molecular weight excluding hydrogens is 316 g/mol. The van der Waals surface area contributed by atoms with Gasteiger partial charge in [0, 0.05) is 9.52 Å². The van der Waals surface area contributed by atoms with Gasteiger partial charge in [0.15, 0.2) is 0 Å². The lowest BCUT2D eigenvalue weighted by Gasteiger charge is -2.19. The summed E-state index contributed by atoms with van der Waals surface area (Å²) in [5, 5.41) is 0. The van der Waals surface area contributed by atoms with E-state index in [1.54, 1.807) is 0 Å². The third-order valence-electron chi connectivity index (χ3n) is 5.07. The van der Waals surface area contributed by atoms with Crippen molar-refractivity contribution in [3.63, 3.8) is 0 Å². The summed E-state index contributed by atoms with van der Waals surface area (Å²) < 4.78 is 0. The summed E-state index contributed by atoms with van der Waals surface area (Å²) in [4.78, 5) is 0. The lowest BCUT2D eigenvalue weighted by atomic mass is 9.86. The van der Waals surface area contributed by atoms with Gasteiger partial charge in [0.2, 0.25) is 0 Å². The van der Waals surface area contributed by atoms with E-state index in [-0.39, 0.29) is 20.3 Å². The van der Waals surface area contributed by atoms with E-state index in [1.165, 1.54) is 47.2 Å². The first kappa shape index (κ1) is 20.0. The Kier molecular flexibility index (Phi) is 6.68. The third kappa shape index (κ3) is 6.47. The van der Waals surface area contributed by atoms with Crippen LogP contribution in [0.5, 0.6) is 0 Å². The second-order valence-corrected chi connectivity index (χ2v) is 11.6. The van der Waals surface area contributed by atoms with E-state index in [0.29, 0.717) is 0 Å². The predicted octanol–water partition coefficient (Wildman–Crippen LogP) is 6.07. The summed E-state index contributed by atoms with van der Waals surface area (Å²) in [7, 11) is 0.0495. The summed E-state index contributed by atoms with van der Waals surface area (Å²) in [5.41, 5.74) is 6.41. The molecule has 0 amide bonds. The summed E-state index contributed by atoms with van der Waals surface area (Å²) >= 11 is 0. The summed E-state index contributed by atoms with van der Waals surface area (Å²) in [5.74, 6) is 0. The van der Waals surface area contributed by atoms with E-state index in [4.69, 9.17) is 0 Å². The van der Waals surface area contributed by atoms with Crippen molar-refractivity contribution in [2.24, 2.45) is 0 Å². The Morgan fingerprint density at radius 1 is 0.560 bits per heavy atom. The highest BCUT2D eigenvalue weighted by Gasteiger charge is 2.13. The van der Waals surface area contributed by atoms with Crippen LogP contribution in [0.3, 0.4) is 0 Å². The molecule has 25 heavy (non-hydrogen) atoms. The smallest absolute Gasteiger partial charge is 0.0204 e. The molecule has 0 aliphatic carbocycles. The minimum absolute atomic E-state index is 0.0495. The molecule has 0 nitrogen and oxygen atoms in total. The SMILES string of the molecule is CC(C)(C)c1ccc(CC[SiH2]CCc2ccc(C(C)(C)C)cc2)cc1. The first-order valence-corrected chi connectivity index (χ1v) is 11.8. The van der Waals surface area contributed by atoms with E-state index in [2.05, 4.69) is 90.1 Å².